The molecule has 5 nitrogen and oxygen atoms in total. The fraction of sp³-hybridized carbons (Fsp3) is 0.606. The summed E-state index contributed by atoms with van der Waals surface area (Å²) in [6, 6.07) is 10.1. The van der Waals surface area contributed by atoms with Gasteiger partial charge in [-0.2, -0.15) is 0 Å². The predicted molar refractivity (Wildman–Crippen MR) is 146 cm³/mol. The van der Waals surface area contributed by atoms with Crippen LogP contribution in [0.1, 0.15) is 85.1 Å². The first kappa shape index (κ1) is 26.9. The monoisotopic (exact) mass is 518 g/mol. The standard InChI is InChI=1S/C33H42O5/c1-21-19-26-27(14-17-32(5)28(26)15-18-33(32,22(2)34)38-23(3)35)31(4)16-13-25(20-29(21)31)37-30(36)12-11-24-9-7-6-8-10-24/h6-10,19-20,25-28H,11-18H2,1-5H3/t25-,26+,27+,28-,31+,32-,33+/m1/s1. The lowest BCUT2D eigenvalue weighted by Crippen LogP contribution is -2.58. The van der Waals surface area contributed by atoms with Crippen LogP contribution in [0, 0.1) is 28.6 Å². The molecule has 4 aliphatic rings. The van der Waals surface area contributed by atoms with Gasteiger partial charge in [0.05, 0.1) is 0 Å². The number of allylic oxidation sites excluding steroid dienone is 3. The molecule has 2 fully saturated rings. The third kappa shape index (κ3) is 4.26. The third-order valence-corrected chi connectivity index (χ3v) is 10.7. The zero-order valence-corrected chi connectivity index (χ0v) is 23.5. The van der Waals surface area contributed by atoms with Crippen LogP contribution in [0.2, 0.25) is 0 Å². The van der Waals surface area contributed by atoms with Crippen molar-refractivity contribution in [1.82, 2.24) is 0 Å². The van der Waals surface area contributed by atoms with E-state index in [9.17, 15) is 14.4 Å². The highest BCUT2D eigenvalue weighted by Gasteiger charge is 2.67. The molecule has 0 unspecified atom stereocenters. The first-order valence-electron chi connectivity index (χ1n) is 14.4. The highest BCUT2D eigenvalue weighted by atomic mass is 16.6. The van der Waals surface area contributed by atoms with Crippen LogP contribution in [-0.2, 0) is 30.3 Å². The Hall–Kier alpha value is -2.69. The summed E-state index contributed by atoms with van der Waals surface area (Å²) in [7, 11) is 0. The van der Waals surface area contributed by atoms with E-state index in [1.54, 1.807) is 6.92 Å². The smallest absolute Gasteiger partial charge is 0.306 e. The van der Waals surface area contributed by atoms with E-state index in [0.29, 0.717) is 37.0 Å². The molecule has 7 atom stereocenters. The molecule has 1 aromatic carbocycles. The Kier molecular flexibility index (Phi) is 6.94. The molecule has 5 heteroatoms. The number of aryl methyl sites for hydroxylation is 1. The van der Waals surface area contributed by atoms with Gasteiger partial charge in [-0.1, -0.05) is 55.8 Å². The number of hydrogen-bond donors (Lipinski definition) is 0. The molecule has 0 aromatic heterocycles. The normalized spacial score (nSPS) is 37.6. The van der Waals surface area contributed by atoms with Crippen molar-refractivity contribution in [1.29, 1.82) is 0 Å². The summed E-state index contributed by atoms with van der Waals surface area (Å²) in [5.41, 5.74) is 2.38. The summed E-state index contributed by atoms with van der Waals surface area (Å²) in [4.78, 5) is 37.7. The summed E-state index contributed by atoms with van der Waals surface area (Å²) < 4.78 is 11.8. The van der Waals surface area contributed by atoms with Crippen LogP contribution >= 0.6 is 0 Å². The van der Waals surface area contributed by atoms with Crippen molar-refractivity contribution >= 4 is 17.7 Å². The Morgan fingerprint density at radius 1 is 0.921 bits per heavy atom. The van der Waals surface area contributed by atoms with Crippen LogP contribution in [0.5, 0.6) is 0 Å². The molecule has 0 bridgehead atoms. The molecule has 0 saturated heterocycles. The van der Waals surface area contributed by atoms with E-state index in [0.717, 1.165) is 37.7 Å². The zero-order valence-electron chi connectivity index (χ0n) is 23.5. The van der Waals surface area contributed by atoms with Gasteiger partial charge in [0.1, 0.15) is 6.10 Å². The number of hydrogen-bond acceptors (Lipinski definition) is 5. The molecule has 0 heterocycles. The van der Waals surface area contributed by atoms with E-state index in [-0.39, 0.29) is 34.7 Å². The molecule has 1 aromatic rings. The van der Waals surface area contributed by atoms with Gasteiger partial charge in [0.15, 0.2) is 11.4 Å². The molecule has 0 spiro atoms. The van der Waals surface area contributed by atoms with Gasteiger partial charge in [0.2, 0.25) is 0 Å². The Morgan fingerprint density at radius 3 is 2.32 bits per heavy atom. The number of fused-ring (bicyclic) bond motifs is 5. The third-order valence-electron chi connectivity index (χ3n) is 10.7. The topological polar surface area (TPSA) is 69.7 Å². The summed E-state index contributed by atoms with van der Waals surface area (Å²) in [6.07, 6.45) is 10.7. The lowest BCUT2D eigenvalue weighted by Gasteiger charge is -2.58. The molecule has 4 aliphatic carbocycles. The molecule has 204 valence electrons. The average Bonchev–Trinajstić information content (AvgIpc) is 3.17. The Balaban J connectivity index is 1.36. The largest absolute Gasteiger partial charge is 0.458 e. The number of esters is 2. The average molecular weight is 519 g/mol. The molecule has 0 N–H and O–H groups in total. The maximum Gasteiger partial charge on any atom is 0.306 e. The molecule has 38 heavy (non-hydrogen) atoms. The highest BCUT2D eigenvalue weighted by molar-refractivity contribution is 5.89. The molecule has 0 amide bonds. The molecule has 0 radical (unpaired) electrons. The number of rotatable bonds is 6. The maximum atomic E-state index is 13.0. The number of ether oxygens (including phenoxy) is 2. The number of Topliss-reactive ketones (excluding diaryl/α,β-unsaturated/α-hetero) is 1. The van der Waals surface area contributed by atoms with Gasteiger partial charge < -0.3 is 9.47 Å². The van der Waals surface area contributed by atoms with Crippen molar-refractivity contribution in [3.05, 3.63) is 59.2 Å². The summed E-state index contributed by atoms with van der Waals surface area (Å²) in [6.45, 7) is 9.78. The minimum atomic E-state index is -1.02. The van der Waals surface area contributed by atoms with Gasteiger partial charge in [-0.3, -0.25) is 14.4 Å². The molecular formula is C33H42O5. The van der Waals surface area contributed by atoms with Gasteiger partial charge in [-0.15, -0.1) is 0 Å². The summed E-state index contributed by atoms with van der Waals surface area (Å²) >= 11 is 0. The predicted octanol–water partition coefficient (Wildman–Crippen LogP) is 6.55. The minimum absolute atomic E-state index is 0.0146. The van der Waals surface area contributed by atoms with Gasteiger partial charge in [0.25, 0.3) is 0 Å². The Bertz CT molecular complexity index is 1180. The lowest BCUT2D eigenvalue weighted by molar-refractivity contribution is -0.185. The quantitative estimate of drug-likeness (QED) is 0.399. The number of carbonyl (C=O) groups is 3. The second-order valence-electron chi connectivity index (χ2n) is 12.7. The van der Waals surface area contributed by atoms with E-state index in [2.05, 4.69) is 32.9 Å². The van der Waals surface area contributed by atoms with E-state index < -0.39 is 5.60 Å². The molecule has 5 rings (SSSR count). The molecule has 2 saturated carbocycles. The van der Waals surface area contributed by atoms with Gasteiger partial charge in [-0.05, 0) is 99.2 Å². The summed E-state index contributed by atoms with van der Waals surface area (Å²) in [5.74, 6) is 0.580. The zero-order chi connectivity index (χ0) is 27.3. The van der Waals surface area contributed by atoms with E-state index in [1.807, 2.05) is 30.3 Å². The van der Waals surface area contributed by atoms with Crippen LogP contribution in [0.3, 0.4) is 0 Å². The van der Waals surface area contributed by atoms with E-state index >= 15 is 0 Å². The number of benzene rings is 1. The Labute approximate surface area is 227 Å². The van der Waals surface area contributed by atoms with Gasteiger partial charge >= 0.3 is 11.9 Å². The van der Waals surface area contributed by atoms with Crippen molar-refractivity contribution in [2.75, 3.05) is 0 Å². The van der Waals surface area contributed by atoms with Crippen LogP contribution < -0.4 is 0 Å². The first-order valence-corrected chi connectivity index (χ1v) is 14.4. The van der Waals surface area contributed by atoms with Crippen molar-refractivity contribution < 1.29 is 23.9 Å². The number of ketones is 1. The second kappa shape index (κ2) is 9.81. The van der Waals surface area contributed by atoms with Crippen molar-refractivity contribution in [3.63, 3.8) is 0 Å². The molecular weight excluding hydrogens is 476 g/mol. The fourth-order valence-corrected chi connectivity index (χ4v) is 8.83. The van der Waals surface area contributed by atoms with Crippen molar-refractivity contribution in [2.24, 2.45) is 28.6 Å². The van der Waals surface area contributed by atoms with Crippen molar-refractivity contribution in [2.45, 2.75) is 97.7 Å². The number of carbonyl (C=O) groups excluding carboxylic acids is 3. The van der Waals surface area contributed by atoms with Crippen LogP contribution in [0.25, 0.3) is 0 Å². The summed E-state index contributed by atoms with van der Waals surface area (Å²) in [5, 5.41) is 0. The fourth-order valence-electron chi connectivity index (χ4n) is 8.83. The Morgan fingerprint density at radius 2 is 1.63 bits per heavy atom. The van der Waals surface area contributed by atoms with Crippen LogP contribution in [0.15, 0.2) is 53.6 Å². The van der Waals surface area contributed by atoms with E-state index in [1.165, 1.54) is 18.1 Å². The SMILES string of the molecule is CC(=O)O[C@]1(C(C)=O)CC[C@@H]2[C@H]3C=C(C)C4=C[C@H](OC(=O)CCc5ccccc5)CC[C@@]4(C)[C@H]3CC[C@]21C. The second-order valence-corrected chi connectivity index (χ2v) is 12.7. The highest BCUT2D eigenvalue weighted by Crippen LogP contribution is 2.68. The first-order chi connectivity index (χ1) is 18.0. The van der Waals surface area contributed by atoms with Gasteiger partial charge in [0, 0.05) is 18.8 Å². The molecule has 0 aliphatic heterocycles. The van der Waals surface area contributed by atoms with E-state index in [4.69, 9.17) is 9.47 Å². The van der Waals surface area contributed by atoms with Crippen LogP contribution in [-0.4, -0.2) is 29.4 Å². The van der Waals surface area contributed by atoms with Gasteiger partial charge in [-0.25, -0.2) is 0 Å². The lowest BCUT2D eigenvalue weighted by atomic mass is 9.47. The van der Waals surface area contributed by atoms with Crippen molar-refractivity contribution in [3.8, 4) is 0 Å². The maximum absolute atomic E-state index is 13.0. The minimum Gasteiger partial charge on any atom is -0.458 e. The van der Waals surface area contributed by atoms with Crippen LogP contribution in [0.4, 0.5) is 0 Å².